The van der Waals surface area contributed by atoms with Crippen LogP contribution in [0.4, 0.5) is 0 Å². The number of hydrogen-bond donors (Lipinski definition) is 1. The normalized spacial score (nSPS) is 22.0. The van der Waals surface area contributed by atoms with Crippen LogP contribution >= 0.6 is 0 Å². The van der Waals surface area contributed by atoms with E-state index in [4.69, 9.17) is 14.2 Å². The Labute approximate surface area is 200 Å². The largest absolute Gasteiger partial charge is 0.497 e. The molecular weight excluding hydrogens is 430 g/mol. The third-order valence-electron chi connectivity index (χ3n) is 6.43. The molecule has 2 aromatic carbocycles. The maximum atomic E-state index is 13.7. The van der Waals surface area contributed by atoms with E-state index in [1.54, 1.807) is 20.3 Å². The molecule has 2 aliphatic rings. The van der Waals surface area contributed by atoms with Gasteiger partial charge in [0.1, 0.15) is 17.3 Å². The van der Waals surface area contributed by atoms with E-state index in [-0.39, 0.29) is 17.8 Å². The molecule has 0 spiro atoms. The summed E-state index contributed by atoms with van der Waals surface area (Å²) in [6.07, 6.45) is 2.20. The van der Waals surface area contributed by atoms with Crippen LogP contribution in [0.25, 0.3) is 0 Å². The smallest absolute Gasteiger partial charge is 0.336 e. The first kappa shape index (κ1) is 23.6. The van der Waals surface area contributed by atoms with Crippen molar-refractivity contribution in [2.75, 3.05) is 14.2 Å². The van der Waals surface area contributed by atoms with Crippen molar-refractivity contribution in [3.05, 3.63) is 82.7 Å². The van der Waals surface area contributed by atoms with Gasteiger partial charge in [-0.05, 0) is 32.4 Å². The van der Waals surface area contributed by atoms with E-state index in [9.17, 15) is 9.59 Å². The first-order valence-corrected chi connectivity index (χ1v) is 11.5. The van der Waals surface area contributed by atoms with Crippen LogP contribution in [0, 0.1) is 5.92 Å². The number of methoxy groups -OCH3 is 2. The molecule has 34 heavy (non-hydrogen) atoms. The second-order valence-electron chi connectivity index (χ2n) is 8.99. The summed E-state index contributed by atoms with van der Waals surface area (Å²) in [5.41, 5.74) is 3.78. The van der Waals surface area contributed by atoms with Crippen LogP contribution in [0.3, 0.4) is 0 Å². The van der Waals surface area contributed by atoms with Gasteiger partial charge in [-0.1, -0.05) is 42.5 Å². The zero-order valence-corrected chi connectivity index (χ0v) is 20.3. The predicted octanol–water partition coefficient (Wildman–Crippen LogP) is 4.87. The standard InChI is InChI=1S/C28H31NO5/c1-16(2)34-28(31)25-17(3)29-22-13-19(18-9-7-6-8-10-18)14-23(30)27(22)26(25)21-12-11-20(32-4)15-24(21)33-5/h6-13,15-16,19,26-27,29H,14H2,1-5H3. The van der Waals surface area contributed by atoms with Crippen molar-refractivity contribution >= 4 is 11.8 Å². The van der Waals surface area contributed by atoms with E-state index in [1.165, 1.54) is 0 Å². The topological polar surface area (TPSA) is 73.9 Å². The highest BCUT2D eigenvalue weighted by Gasteiger charge is 2.46. The van der Waals surface area contributed by atoms with Crippen LogP contribution in [-0.4, -0.2) is 32.1 Å². The SMILES string of the molecule is COc1ccc(C2C(C(=O)OC(C)C)=C(C)NC3=CC(c4ccccc4)CC(=O)C32)c(OC)c1. The molecule has 6 nitrogen and oxygen atoms in total. The molecule has 2 aromatic rings. The second kappa shape index (κ2) is 9.75. The summed E-state index contributed by atoms with van der Waals surface area (Å²) in [5, 5.41) is 3.37. The number of rotatable bonds is 6. The number of carbonyl (C=O) groups is 2. The van der Waals surface area contributed by atoms with E-state index in [2.05, 4.69) is 11.4 Å². The van der Waals surface area contributed by atoms with Gasteiger partial charge in [0, 0.05) is 41.3 Å². The molecule has 0 radical (unpaired) electrons. The molecule has 6 heteroatoms. The van der Waals surface area contributed by atoms with Crippen LogP contribution in [-0.2, 0) is 14.3 Å². The number of ketones is 1. The van der Waals surface area contributed by atoms with E-state index in [1.807, 2.05) is 63.2 Å². The van der Waals surface area contributed by atoms with E-state index in [0.717, 1.165) is 16.8 Å². The number of nitrogens with one attached hydrogen (secondary N) is 1. The summed E-state index contributed by atoms with van der Waals surface area (Å²) in [4.78, 5) is 27.0. The van der Waals surface area contributed by atoms with Crippen LogP contribution in [0.15, 0.2) is 71.6 Å². The van der Waals surface area contributed by atoms with Crippen LogP contribution in [0.1, 0.15) is 50.2 Å². The molecule has 0 aromatic heterocycles. The van der Waals surface area contributed by atoms with Gasteiger partial charge in [0.2, 0.25) is 0 Å². The van der Waals surface area contributed by atoms with Gasteiger partial charge in [0.15, 0.2) is 0 Å². The molecule has 3 atom stereocenters. The lowest BCUT2D eigenvalue weighted by molar-refractivity contribution is -0.143. The molecule has 0 saturated heterocycles. The number of fused-ring (bicyclic) bond motifs is 1. The van der Waals surface area contributed by atoms with Gasteiger partial charge in [-0.15, -0.1) is 0 Å². The maximum Gasteiger partial charge on any atom is 0.336 e. The van der Waals surface area contributed by atoms with Gasteiger partial charge in [-0.25, -0.2) is 4.79 Å². The van der Waals surface area contributed by atoms with Gasteiger partial charge in [0.25, 0.3) is 0 Å². The number of benzene rings is 2. The van der Waals surface area contributed by atoms with E-state index in [0.29, 0.717) is 29.2 Å². The Morgan fingerprint density at radius 1 is 1.03 bits per heavy atom. The summed E-state index contributed by atoms with van der Waals surface area (Å²) >= 11 is 0. The van der Waals surface area contributed by atoms with Crippen molar-refractivity contribution in [2.24, 2.45) is 5.92 Å². The highest BCUT2D eigenvalue weighted by molar-refractivity contribution is 5.96. The Bertz CT molecular complexity index is 1150. The van der Waals surface area contributed by atoms with Crippen LogP contribution in [0.2, 0.25) is 0 Å². The van der Waals surface area contributed by atoms with Crippen LogP contribution < -0.4 is 14.8 Å². The number of allylic oxidation sites excluding steroid dienone is 3. The lowest BCUT2D eigenvalue weighted by Crippen LogP contribution is -2.42. The third-order valence-corrected chi connectivity index (χ3v) is 6.43. The second-order valence-corrected chi connectivity index (χ2v) is 8.99. The van der Waals surface area contributed by atoms with Gasteiger partial charge >= 0.3 is 5.97 Å². The Kier molecular flexibility index (Phi) is 6.77. The Morgan fingerprint density at radius 3 is 2.41 bits per heavy atom. The Hall–Kier alpha value is -3.54. The molecule has 0 amide bonds. The van der Waals surface area contributed by atoms with Crippen LogP contribution in [0.5, 0.6) is 11.5 Å². The van der Waals surface area contributed by atoms with Crippen molar-refractivity contribution in [3.8, 4) is 11.5 Å². The predicted molar refractivity (Wildman–Crippen MR) is 130 cm³/mol. The first-order chi connectivity index (χ1) is 16.3. The lowest BCUT2D eigenvalue weighted by atomic mass is 9.68. The van der Waals surface area contributed by atoms with Crippen molar-refractivity contribution < 1.29 is 23.8 Å². The Morgan fingerprint density at radius 2 is 1.76 bits per heavy atom. The molecule has 4 rings (SSSR count). The fourth-order valence-corrected chi connectivity index (χ4v) is 4.95. The minimum atomic E-state index is -0.541. The fourth-order valence-electron chi connectivity index (χ4n) is 4.95. The monoisotopic (exact) mass is 461 g/mol. The molecule has 3 unspecified atom stereocenters. The van der Waals surface area contributed by atoms with Crippen molar-refractivity contribution in [2.45, 2.75) is 45.1 Å². The molecular formula is C28H31NO5. The van der Waals surface area contributed by atoms with Gasteiger partial charge in [-0.2, -0.15) is 0 Å². The van der Waals surface area contributed by atoms with E-state index < -0.39 is 17.8 Å². The molecule has 1 heterocycles. The average molecular weight is 462 g/mol. The minimum absolute atomic E-state index is 0.0252. The molecule has 1 aliphatic heterocycles. The highest BCUT2D eigenvalue weighted by Crippen LogP contribution is 2.48. The lowest BCUT2D eigenvalue weighted by Gasteiger charge is -2.40. The quantitative estimate of drug-likeness (QED) is 0.619. The maximum absolute atomic E-state index is 13.7. The number of carbonyl (C=O) groups excluding carboxylic acids is 2. The molecule has 1 aliphatic carbocycles. The minimum Gasteiger partial charge on any atom is -0.497 e. The van der Waals surface area contributed by atoms with Gasteiger partial charge < -0.3 is 19.5 Å². The number of hydrogen-bond acceptors (Lipinski definition) is 6. The first-order valence-electron chi connectivity index (χ1n) is 11.5. The summed E-state index contributed by atoms with van der Waals surface area (Å²) < 4.78 is 16.7. The van der Waals surface area contributed by atoms with E-state index >= 15 is 0 Å². The summed E-state index contributed by atoms with van der Waals surface area (Å²) in [5.74, 6) is -0.265. The fraction of sp³-hybridized carbons (Fsp3) is 0.357. The van der Waals surface area contributed by atoms with Crippen molar-refractivity contribution in [1.82, 2.24) is 5.32 Å². The molecule has 0 saturated carbocycles. The summed E-state index contributed by atoms with van der Waals surface area (Å²) in [6, 6.07) is 15.5. The van der Waals surface area contributed by atoms with Gasteiger partial charge in [0.05, 0.1) is 31.8 Å². The third kappa shape index (κ3) is 4.45. The molecule has 0 fully saturated rings. The highest BCUT2D eigenvalue weighted by atomic mass is 16.5. The summed E-state index contributed by atoms with van der Waals surface area (Å²) in [7, 11) is 3.16. The zero-order chi connectivity index (χ0) is 24.4. The Balaban J connectivity index is 1.87. The summed E-state index contributed by atoms with van der Waals surface area (Å²) in [6.45, 7) is 5.48. The number of ether oxygens (including phenoxy) is 3. The molecule has 1 N–H and O–H groups in total. The number of esters is 1. The van der Waals surface area contributed by atoms with Crippen molar-refractivity contribution in [3.63, 3.8) is 0 Å². The zero-order valence-electron chi connectivity index (χ0n) is 20.3. The molecule has 178 valence electrons. The molecule has 0 bridgehead atoms. The average Bonchev–Trinajstić information content (AvgIpc) is 2.82. The van der Waals surface area contributed by atoms with Gasteiger partial charge in [-0.3, -0.25) is 4.79 Å². The number of Topliss-reactive ketones (excluding diaryl/α,β-unsaturated/α-hetero) is 1. The van der Waals surface area contributed by atoms with Crippen molar-refractivity contribution in [1.29, 1.82) is 0 Å².